The van der Waals surface area contributed by atoms with Crippen molar-refractivity contribution in [3.8, 4) is 11.5 Å². The van der Waals surface area contributed by atoms with Crippen LogP contribution in [0.3, 0.4) is 0 Å². The van der Waals surface area contributed by atoms with Crippen molar-refractivity contribution in [3.05, 3.63) is 47.0 Å². The molecule has 2 rings (SSSR count). The van der Waals surface area contributed by atoms with E-state index in [9.17, 15) is 9.59 Å². The van der Waals surface area contributed by atoms with Crippen LogP contribution in [0.1, 0.15) is 31.1 Å². The summed E-state index contributed by atoms with van der Waals surface area (Å²) in [5, 5.41) is 5.74. The lowest BCUT2D eigenvalue weighted by Crippen LogP contribution is -2.13. The molecular formula is C20H23ClN2O4. The molecule has 0 aliphatic rings. The summed E-state index contributed by atoms with van der Waals surface area (Å²) in [5.41, 5.74) is 1.47. The number of carbonyl (C=O) groups excluding carboxylic acids is 2. The molecule has 0 aliphatic carbocycles. The van der Waals surface area contributed by atoms with Crippen molar-refractivity contribution < 1.29 is 19.1 Å². The molecule has 7 heteroatoms. The molecule has 0 unspecified atom stereocenters. The van der Waals surface area contributed by atoms with Crippen molar-refractivity contribution in [1.29, 1.82) is 0 Å². The molecule has 0 saturated heterocycles. The molecule has 0 radical (unpaired) electrons. The minimum absolute atomic E-state index is 0.188. The third-order valence-corrected chi connectivity index (χ3v) is 3.77. The van der Waals surface area contributed by atoms with Crippen LogP contribution in [0.15, 0.2) is 36.4 Å². The first-order valence-electron chi connectivity index (χ1n) is 8.49. The van der Waals surface area contributed by atoms with Crippen molar-refractivity contribution >= 4 is 34.8 Å². The number of benzene rings is 2. The van der Waals surface area contributed by atoms with E-state index in [1.54, 1.807) is 30.3 Å². The summed E-state index contributed by atoms with van der Waals surface area (Å²) < 4.78 is 11.0. The van der Waals surface area contributed by atoms with Crippen LogP contribution < -0.4 is 20.1 Å². The Morgan fingerprint density at radius 3 is 2.37 bits per heavy atom. The fraction of sp³-hybridized carbons (Fsp3) is 0.300. The van der Waals surface area contributed by atoms with Crippen LogP contribution in [0.25, 0.3) is 0 Å². The van der Waals surface area contributed by atoms with Gasteiger partial charge >= 0.3 is 0 Å². The summed E-state index contributed by atoms with van der Waals surface area (Å²) in [6.07, 6.45) is 0. The number of rotatable bonds is 7. The Morgan fingerprint density at radius 2 is 1.78 bits per heavy atom. The normalized spacial score (nSPS) is 10.4. The molecule has 0 heterocycles. The zero-order valence-electron chi connectivity index (χ0n) is 15.8. The summed E-state index contributed by atoms with van der Waals surface area (Å²) >= 11 is 6.29. The molecule has 0 fully saturated rings. The van der Waals surface area contributed by atoms with Gasteiger partial charge < -0.3 is 20.1 Å². The SMILES string of the molecule is COc1cc(C(=O)Nc2cccc(NC(C)=O)c2)cc(Cl)c1OCC(C)C. The zero-order chi connectivity index (χ0) is 20.0. The maximum atomic E-state index is 12.6. The molecule has 0 spiro atoms. The number of methoxy groups -OCH3 is 1. The van der Waals surface area contributed by atoms with Crippen molar-refractivity contribution in [2.45, 2.75) is 20.8 Å². The van der Waals surface area contributed by atoms with Gasteiger partial charge in [-0.15, -0.1) is 0 Å². The predicted octanol–water partition coefficient (Wildman–Crippen LogP) is 4.59. The second-order valence-corrected chi connectivity index (χ2v) is 6.82. The highest BCUT2D eigenvalue weighted by Gasteiger charge is 2.16. The van der Waals surface area contributed by atoms with Crippen LogP contribution in [0.4, 0.5) is 11.4 Å². The Labute approximate surface area is 163 Å². The summed E-state index contributed by atoms with van der Waals surface area (Å²) in [6, 6.07) is 9.97. The molecule has 0 saturated carbocycles. The highest BCUT2D eigenvalue weighted by atomic mass is 35.5. The van der Waals surface area contributed by atoms with Crippen LogP contribution >= 0.6 is 11.6 Å². The Kier molecular flexibility index (Phi) is 7.07. The van der Waals surface area contributed by atoms with Crippen LogP contribution in [-0.2, 0) is 4.79 Å². The third-order valence-electron chi connectivity index (χ3n) is 3.49. The predicted molar refractivity (Wildman–Crippen MR) is 107 cm³/mol. The van der Waals surface area contributed by atoms with Gasteiger partial charge in [0.05, 0.1) is 18.7 Å². The number of nitrogens with one attached hydrogen (secondary N) is 2. The van der Waals surface area contributed by atoms with Crippen molar-refractivity contribution in [2.75, 3.05) is 24.4 Å². The van der Waals surface area contributed by atoms with Gasteiger partial charge in [0.1, 0.15) is 0 Å². The summed E-state index contributed by atoms with van der Waals surface area (Å²) in [4.78, 5) is 23.8. The number of amides is 2. The number of hydrogen-bond donors (Lipinski definition) is 2. The van der Waals surface area contributed by atoms with Gasteiger partial charge in [-0.05, 0) is 36.2 Å². The molecule has 2 N–H and O–H groups in total. The fourth-order valence-electron chi connectivity index (χ4n) is 2.32. The van der Waals surface area contributed by atoms with E-state index >= 15 is 0 Å². The van der Waals surface area contributed by atoms with E-state index in [1.807, 2.05) is 13.8 Å². The van der Waals surface area contributed by atoms with E-state index in [2.05, 4.69) is 10.6 Å². The molecule has 0 atom stereocenters. The van der Waals surface area contributed by atoms with E-state index in [0.717, 1.165) is 0 Å². The molecule has 2 aromatic carbocycles. The average molecular weight is 391 g/mol. The van der Waals surface area contributed by atoms with Gasteiger partial charge in [0.2, 0.25) is 5.91 Å². The minimum atomic E-state index is -0.356. The van der Waals surface area contributed by atoms with Crippen LogP contribution in [0, 0.1) is 5.92 Å². The van der Waals surface area contributed by atoms with Gasteiger partial charge in [0, 0.05) is 23.9 Å². The number of carbonyl (C=O) groups is 2. The molecule has 0 bridgehead atoms. The number of anilines is 2. The Hall–Kier alpha value is -2.73. The quantitative estimate of drug-likeness (QED) is 0.724. The van der Waals surface area contributed by atoms with Crippen LogP contribution in [0.5, 0.6) is 11.5 Å². The molecule has 144 valence electrons. The third kappa shape index (κ3) is 5.89. The lowest BCUT2D eigenvalue weighted by molar-refractivity contribution is -0.114. The molecule has 2 aromatic rings. The zero-order valence-corrected chi connectivity index (χ0v) is 16.5. The fourth-order valence-corrected chi connectivity index (χ4v) is 2.59. The van der Waals surface area contributed by atoms with Gasteiger partial charge in [-0.3, -0.25) is 9.59 Å². The monoisotopic (exact) mass is 390 g/mol. The van der Waals surface area contributed by atoms with Crippen LogP contribution in [0.2, 0.25) is 5.02 Å². The first kappa shape index (κ1) is 20.6. The number of ether oxygens (including phenoxy) is 2. The highest BCUT2D eigenvalue weighted by molar-refractivity contribution is 6.32. The standard InChI is InChI=1S/C20H23ClN2O4/c1-12(2)11-27-19-17(21)8-14(9-18(19)26-4)20(25)23-16-7-5-6-15(10-16)22-13(3)24/h5-10,12H,11H2,1-4H3,(H,22,24)(H,23,25). The number of halogens is 1. The van der Waals surface area contributed by atoms with E-state index < -0.39 is 0 Å². The number of hydrogen-bond acceptors (Lipinski definition) is 4. The summed E-state index contributed by atoms with van der Waals surface area (Å²) in [7, 11) is 1.49. The van der Waals surface area contributed by atoms with E-state index in [0.29, 0.717) is 46.0 Å². The highest BCUT2D eigenvalue weighted by Crippen LogP contribution is 2.37. The Balaban J connectivity index is 2.21. The average Bonchev–Trinajstić information content (AvgIpc) is 2.59. The molecule has 0 aliphatic heterocycles. The Bertz CT molecular complexity index is 837. The van der Waals surface area contributed by atoms with E-state index in [-0.39, 0.29) is 11.8 Å². The molecule has 0 aromatic heterocycles. The first-order valence-corrected chi connectivity index (χ1v) is 8.87. The second kappa shape index (κ2) is 9.28. The van der Waals surface area contributed by atoms with Gasteiger partial charge in [-0.1, -0.05) is 31.5 Å². The van der Waals surface area contributed by atoms with E-state index in [1.165, 1.54) is 20.1 Å². The molecule has 27 heavy (non-hydrogen) atoms. The lowest BCUT2D eigenvalue weighted by Gasteiger charge is -2.15. The Morgan fingerprint density at radius 1 is 1.11 bits per heavy atom. The van der Waals surface area contributed by atoms with Crippen molar-refractivity contribution in [1.82, 2.24) is 0 Å². The summed E-state index contributed by atoms with van der Waals surface area (Å²) in [5.74, 6) is 0.583. The molecular weight excluding hydrogens is 368 g/mol. The van der Waals surface area contributed by atoms with E-state index in [4.69, 9.17) is 21.1 Å². The van der Waals surface area contributed by atoms with Gasteiger partial charge in [0.25, 0.3) is 5.91 Å². The summed E-state index contributed by atoms with van der Waals surface area (Å²) in [6.45, 7) is 5.95. The van der Waals surface area contributed by atoms with Crippen molar-refractivity contribution in [2.24, 2.45) is 5.92 Å². The maximum Gasteiger partial charge on any atom is 0.255 e. The topological polar surface area (TPSA) is 76.7 Å². The minimum Gasteiger partial charge on any atom is -0.493 e. The maximum absolute atomic E-state index is 12.6. The largest absolute Gasteiger partial charge is 0.493 e. The lowest BCUT2D eigenvalue weighted by atomic mass is 10.1. The first-order chi connectivity index (χ1) is 12.8. The van der Waals surface area contributed by atoms with Crippen LogP contribution in [-0.4, -0.2) is 25.5 Å². The molecule has 6 nitrogen and oxygen atoms in total. The second-order valence-electron chi connectivity index (χ2n) is 6.41. The smallest absolute Gasteiger partial charge is 0.255 e. The van der Waals surface area contributed by atoms with Gasteiger partial charge in [-0.25, -0.2) is 0 Å². The van der Waals surface area contributed by atoms with Crippen molar-refractivity contribution in [3.63, 3.8) is 0 Å². The molecule has 2 amide bonds. The van der Waals surface area contributed by atoms with Gasteiger partial charge in [-0.2, -0.15) is 0 Å². The van der Waals surface area contributed by atoms with Gasteiger partial charge in [0.15, 0.2) is 11.5 Å².